The van der Waals surface area contributed by atoms with Gasteiger partial charge in [0.15, 0.2) is 0 Å². The number of rotatable bonds is 5. The van der Waals surface area contributed by atoms with E-state index in [0.717, 1.165) is 6.07 Å². The fourth-order valence-corrected chi connectivity index (χ4v) is 2.65. The molecule has 0 aliphatic carbocycles. The summed E-state index contributed by atoms with van der Waals surface area (Å²) in [7, 11) is 0. The standard InChI is InChI=1S/C20H14F3NO3/c21-20(22,23)18-6-2-1-5-15(18)17-10-13(7-8-16(17)19(25)26)12-27-14-4-3-9-24-11-14/h1-11H,12H2,(H,25,26). The molecule has 2 aromatic carbocycles. The lowest BCUT2D eigenvalue weighted by molar-refractivity contribution is -0.137. The number of hydrogen-bond donors (Lipinski definition) is 1. The molecule has 0 fully saturated rings. The van der Waals surface area contributed by atoms with Crippen molar-refractivity contribution < 1.29 is 27.8 Å². The molecule has 7 heteroatoms. The number of aromatic carboxylic acids is 1. The van der Waals surface area contributed by atoms with Gasteiger partial charge in [-0.15, -0.1) is 0 Å². The van der Waals surface area contributed by atoms with Gasteiger partial charge in [0.25, 0.3) is 0 Å². The van der Waals surface area contributed by atoms with Gasteiger partial charge in [0.2, 0.25) is 0 Å². The van der Waals surface area contributed by atoms with E-state index in [-0.39, 0.29) is 23.3 Å². The predicted molar refractivity (Wildman–Crippen MR) is 92.4 cm³/mol. The zero-order valence-electron chi connectivity index (χ0n) is 13.9. The van der Waals surface area contributed by atoms with E-state index < -0.39 is 17.7 Å². The highest BCUT2D eigenvalue weighted by Gasteiger charge is 2.34. The molecule has 0 aliphatic rings. The van der Waals surface area contributed by atoms with Crippen LogP contribution in [0.25, 0.3) is 11.1 Å². The Morgan fingerprint density at radius 2 is 1.81 bits per heavy atom. The highest BCUT2D eigenvalue weighted by molar-refractivity contribution is 5.96. The van der Waals surface area contributed by atoms with Crippen LogP contribution in [-0.2, 0) is 12.8 Å². The minimum Gasteiger partial charge on any atom is -0.487 e. The molecule has 0 radical (unpaired) electrons. The monoisotopic (exact) mass is 373 g/mol. The lowest BCUT2D eigenvalue weighted by atomic mass is 9.93. The molecule has 0 amide bonds. The van der Waals surface area contributed by atoms with Gasteiger partial charge in [-0.25, -0.2) is 4.79 Å². The van der Waals surface area contributed by atoms with Crippen molar-refractivity contribution in [3.63, 3.8) is 0 Å². The number of carboxylic acids is 1. The summed E-state index contributed by atoms with van der Waals surface area (Å²) in [4.78, 5) is 15.4. The van der Waals surface area contributed by atoms with Crippen molar-refractivity contribution in [2.45, 2.75) is 12.8 Å². The number of hydrogen-bond acceptors (Lipinski definition) is 3. The molecule has 1 aromatic heterocycles. The largest absolute Gasteiger partial charge is 0.487 e. The number of carbonyl (C=O) groups is 1. The Morgan fingerprint density at radius 1 is 1.04 bits per heavy atom. The first-order valence-electron chi connectivity index (χ1n) is 7.92. The maximum atomic E-state index is 13.4. The number of ether oxygens (including phenoxy) is 1. The van der Waals surface area contributed by atoms with E-state index in [1.807, 2.05) is 0 Å². The molecule has 0 spiro atoms. The highest BCUT2D eigenvalue weighted by atomic mass is 19.4. The number of halogens is 3. The van der Waals surface area contributed by atoms with E-state index >= 15 is 0 Å². The van der Waals surface area contributed by atoms with Gasteiger partial charge in [-0.1, -0.05) is 24.3 Å². The van der Waals surface area contributed by atoms with Crippen molar-refractivity contribution in [2.24, 2.45) is 0 Å². The SMILES string of the molecule is O=C(O)c1ccc(COc2cccnc2)cc1-c1ccccc1C(F)(F)F. The summed E-state index contributed by atoms with van der Waals surface area (Å²) in [6.07, 6.45) is -1.51. The molecule has 0 saturated heterocycles. The van der Waals surface area contributed by atoms with Gasteiger partial charge in [0.1, 0.15) is 12.4 Å². The Morgan fingerprint density at radius 3 is 2.48 bits per heavy atom. The molecule has 27 heavy (non-hydrogen) atoms. The van der Waals surface area contributed by atoms with E-state index in [9.17, 15) is 23.1 Å². The fourth-order valence-electron chi connectivity index (χ4n) is 2.65. The average Bonchev–Trinajstić information content (AvgIpc) is 2.66. The van der Waals surface area contributed by atoms with E-state index in [2.05, 4.69) is 4.98 Å². The lowest BCUT2D eigenvalue weighted by Crippen LogP contribution is -2.09. The molecule has 0 aliphatic heterocycles. The van der Waals surface area contributed by atoms with Gasteiger partial charge in [0, 0.05) is 6.20 Å². The third kappa shape index (κ3) is 4.25. The summed E-state index contributed by atoms with van der Waals surface area (Å²) < 4.78 is 45.6. The van der Waals surface area contributed by atoms with Crippen LogP contribution in [0.3, 0.4) is 0 Å². The maximum absolute atomic E-state index is 13.4. The maximum Gasteiger partial charge on any atom is 0.417 e. The van der Waals surface area contributed by atoms with Crippen LogP contribution in [0.1, 0.15) is 21.5 Å². The predicted octanol–water partition coefficient (Wildman–Crippen LogP) is 5.04. The smallest absolute Gasteiger partial charge is 0.417 e. The van der Waals surface area contributed by atoms with E-state index in [1.165, 1.54) is 42.6 Å². The van der Waals surface area contributed by atoms with Crippen LogP contribution in [-0.4, -0.2) is 16.1 Å². The van der Waals surface area contributed by atoms with Crippen molar-refractivity contribution in [1.29, 1.82) is 0 Å². The fraction of sp³-hybridized carbons (Fsp3) is 0.100. The number of aromatic nitrogens is 1. The molecular weight excluding hydrogens is 359 g/mol. The second-order valence-electron chi connectivity index (χ2n) is 5.71. The zero-order chi connectivity index (χ0) is 19.4. The van der Waals surface area contributed by atoms with Gasteiger partial charge in [0.05, 0.1) is 17.3 Å². The molecule has 138 valence electrons. The molecule has 3 aromatic rings. The summed E-state index contributed by atoms with van der Waals surface area (Å²) in [6.45, 7) is 0.0623. The Bertz CT molecular complexity index is 956. The van der Waals surface area contributed by atoms with Crippen molar-refractivity contribution in [2.75, 3.05) is 0 Å². The molecule has 3 rings (SSSR count). The summed E-state index contributed by atoms with van der Waals surface area (Å²) in [5.41, 5.74) is -0.765. The van der Waals surface area contributed by atoms with Crippen LogP contribution in [0.4, 0.5) is 13.2 Å². The van der Waals surface area contributed by atoms with Gasteiger partial charge < -0.3 is 9.84 Å². The summed E-state index contributed by atoms with van der Waals surface area (Å²) in [5, 5.41) is 9.40. The number of alkyl halides is 3. The second kappa shape index (κ2) is 7.49. The minimum atomic E-state index is -4.60. The topological polar surface area (TPSA) is 59.4 Å². The first-order chi connectivity index (χ1) is 12.9. The number of carboxylic acid groups (broad SMARTS) is 1. The summed E-state index contributed by atoms with van der Waals surface area (Å²) in [5.74, 6) is -0.807. The minimum absolute atomic E-state index is 0.0114. The van der Waals surface area contributed by atoms with Crippen LogP contribution >= 0.6 is 0 Å². The number of nitrogens with zero attached hydrogens (tertiary/aromatic N) is 1. The third-order valence-corrected chi connectivity index (χ3v) is 3.88. The quantitative estimate of drug-likeness (QED) is 0.680. The highest BCUT2D eigenvalue weighted by Crippen LogP contribution is 2.38. The normalized spacial score (nSPS) is 11.2. The van der Waals surface area contributed by atoms with Gasteiger partial charge in [-0.05, 0) is 47.0 Å². The summed E-state index contributed by atoms with van der Waals surface area (Å²) in [6, 6.07) is 12.5. The van der Waals surface area contributed by atoms with E-state index in [1.54, 1.807) is 18.3 Å². The first-order valence-corrected chi connectivity index (χ1v) is 7.92. The molecule has 0 atom stereocenters. The molecule has 1 heterocycles. The second-order valence-corrected chi connectivity index (χ2v) is 5.71. The lowest BCUT2D eigenvalue weighted by Gasteiger charge is -2.16. The number of pyridine rings is 1. The summed E-state index contributed by atoms with van der Waals surface area (Å²) >= 11 is 0. The van der Waals surface area contributed by atoms with Crippen molar-refractivity contribution in [3.05, 3.63) is 83.7 Å². The van der Waals surface area contributed by atoms with E-state index in [4.69, 9.17) is 4.74 Å². The molecular formula is C20H14F3NO3. The van der Waals surface area contributed by atoms with Crippen LogP contribution < -0.4 is 4.74 Å². The van der Waals surface area contributed by atoms with Crippen LogP contribution in [0.5, 0.6) is 5.75 Å². The van der Waals surface area contributed by atoms with Gasteiger partial charge in [-0.3, -0.25) is 4.98 Å². The number of benzene rings is 2. The van der Waals surface area contributed by atoms with Crippen LogP contribution in [0.15, 0.2) is 67.0 Å². The van der Waals surface area contributed by atoms with Crippen molar-refractivity contribution in [3.8, 4) is 16.9 Å². The Balaban J connectivity index is 2.02. The Labute approximate surface area is 152 Å². The zero-order valence-corrected chi connectivity index (χ0v) is 13.9. The van der Waals surface area contributed by atoms with Crippen LogP contribution in [0.2, 0.25) is 0 Å². The molecule has 1 N–H and O–H groups in total. The average molecular weight is 373 g/mol. The molecule has 0 bridgehead atoms. The molecule has 4 nitrogen and oxygen atoms in total. The third-order valence-electron chi connectivity index (χ3n) is 3.88. The Hall–Kier alpha value is -3.35. The van der Waals surface area contributed by atoms with Gasteiger partial charge >= 0.3 is 12.1 Å². The van der Waals surface area contributed by atoms with Crippen molar-refractivity contribution in [1.82, 2.24) is 4.98 Å². The molecule has 0 saturated carbocycles. The van der Waals surface area contributed by atoms with Gasteiger partial charge in [-0.2, -0.15) is 13.2 Å². The van der Waals surface area contributed by atoms with E-state index in [0.29, 0.717) is 11.3 Å². The Kier molecular flexibility index (Phi) is 5.12. The van der Waals surface area contributed by atoms with Crippen LogP contribution in [0, 0.1) is 0 Å². The molecule has 0 unspecified atom stereocenters. The van der Waals surface area contributed by atoms with Crippen molar-refractivity contribution >= 4 is 5.97 Å². The first kappa shape index (κ1) is 18.4.